The van der Waals surface area contributed by atoms with Gasteiger partial charge in [-0.1, -0.05) is 43.7 Å². The Kier molecular flexibility index (Phi) is 7.60. The Labute approximate surface area is 191 Å². The Morgan fingerprint density at radius 3 is 2.47 bits per heavy atom. The average Bonchev–Trinajstić information content (AvgIpc) is 3.18. The van der Waals surface area contributed by atoms with E-state index in [0.717, 1.165) is 21.1 Å². The van der Waals surface area contributed by atoms with Crippen molar-refractivity contribution in [1.82, 2.24) is 13.9 Å². The summed E-state index contributed by atoms with van der Waals surface area (Å²) >= 11 is 1.36. The molecule has 0 aliphatic rings. The van der Waals surface area contributed by atoms with Gasteiger partial charge >= 0.3 is 0 Å². The monoisotopic (exact) mass is 474 g/mol. The molecule has 170 valence electrons. The number of hydrogen-bond acceptors (Lipinski definition) is 6. The van der Waals surface area contributed by atoms with Gasteiger partial charge in [0.15, 0.2) is 5.13 Å². The maximum Gasteiger partial charge on any atom is 0.251 e. The standard InChI is InChI=1S/C22H26N4O4S2/c1-4-26(5-2)32(29,30)19-10-11-21(28)25(14-19)15-20(27)24-22-23-13-18(31-22)12-17-8-6-16(3)7-9-17/h6-11,13-14H,4-5,12,15H2,1-3H3,(H,23,24,27). The van der Waals surface area contributed by atoms with Crippen molar-refractivity contribution in [3.8, 4) is 0 Å². The lowest BCUT2D eigenvalue weighted by Crippen LogP contribution is -2.33. The number of sulfonamides is 1. The largest absolute Gasteiger partial charge is 0.305 e. The molecule has 0 aliphatic heterocycles. The van der Waals surface area contributed by atoms with Crippen LogP contribution >= 0.6 is 11.3 Å². The van der Waals surface area contributed by atoms with Gasteiger partial charge < -0.3 is 9.88 Å². The second-order valence-corrected chi connectivity index (χ2v) is 10.3. The van der Waals surface area contributed by atoms with Crippen LogP contribution in [-0.4, -0.2) is 41.3 Å². The number of amides is 1. The van der Waals surface area contributed by atoms with Crippen molar-refractivity contribution in [1.29, 1.82) is 0 Å². The van der Waals surface area contributed by atoms with Crippen LogP contribution in [0.5, 0.6) is 0 Å². The number of carbonyl (C=O) groups is 1. The van der Waals surface area contributed by atoms with Gasteiger partial charge in [0.05, 0.1) is 4.90 Å². The Hall–Kier alpha value is -2.82. The number of pyridine rings is 1. The molecule has 1 aromatic carbocycles. The Balaban J connectivity index is 1.69. The minimum absolute atomic E-state index is 0.0248. The third kappa shape index (κ3) is 5.70. The second kappa shape index (κ2) is 10.2. The van der Waals surface area contributed by atoms with Gasteiger partial charge in [-0.25, -0.2) is 13.4 Å². The summed E-state index contributed by atoms with van der Waals surface area (Å²) in [5, 5.41) is 3.11. The number of carbonyl (C=O) groups excluding carboxylic acids is 1. The maximum atomic E-state index is 12.7. The Morgan fingerprint density at radius 2 is 1.81 bits per heavy atom. The Bertz CT molecular complexity index is 1240. The van der Waals surface area contributed by atoms with Crippen LogP contribution < -0.4 is 10.9 Å². The molecule has 0 saturated carbocycles. The van der Waals surface area contributed by atoms with Crippen molar-refractivity contribution >= 4 is 32.4 Å². The summed E-state index contributed by atoms with van der Waals surface area (Å²) in [7, 11) is -3.73. The molecule has 0 unspecified atom stereocenters. The lowest BCUT2D eigenvalue weighted by molar-refractivity contribution is -0.116. The van der Waals surface area contributed by atoms with Crippen LogP contribution in [0.4, 0.5) is 5.13 Å². The second-order valence-electron chi connectivity index (χ2n) is 7.26. The minimum Gasteiger partial charge on any atom is -0.305 e. The summed E-state index contributed by atoms with van der Waals surface area (Å²) in [6.07, 6.45) is 3.63. The van der Waals surface area contributed by atoms with Crippen LogP contribution in [0.3, 0.4) is 0 Å². The number of hydrogen-bond donors (Lipinski definition) is 1. The molecule has 3 rings (SSSR count). The molecule has 10 heteroatoms. The Morgan fingerprint density at radius 1 is 1.12 bits per heavy atom. The lowest BCUT2D eigenvalue weighted by atomic mass is 10.1. The highest BCUT2D eigenvalue weighted by Crippen LogP contribution is 2.21. The van der Waals surface area contributed by atoms with Gasteiger partial charge in [-0.15, -0.1) is 11.3 Å². The van der Waals surface area contributed by atoms with E-state index in [4.69, 9.17) is 0 Å². The van der Waals surface area contributed by atoms with Crippen LogP contribution in [0.1, 0.15) is 29.9 Å². The number of aromatic nitrogens is 2. The smallest absolute Gasteiger partial charge is 0.251 e. The highest BCUT2D eigenvalue weighted by molar-refractivity contribution is 7.89. The summed E-state index contributed by atoms with van der Waals surface area (Å²) in [4.78, 5) is 29.9. The maximum absolute atomic E-state index is 12.7. The zero-order valence-electron chi connectivity index (χ0n) is 18.2. The first-order valence-electron chi connectivity index (χ1n) is 10.2. The molecule has 0 fully saturated rings. The molecule has 0 spiro atoms. The molecular weight excluding hydrogens is 448 g/mol. The van der Waals surface area contributed by atoms with Crippen LogP contribution in [0.25, 0.3) is 0 Å². The predicted molar refractivity (Wildman–Crippen MR) is 126 cm³/mol. The van der Waals surface area contributed by atoms with Crippen molar-refractivity contribution in [2.24, 2.45) is 0 Å². The van der Waals surface area contributed by atoms with E-state index in [-0.39, 0.29) is 11.4 Å². The molecule has 0 radical (unpaired) electrons. The first-order valence-corrected chi connectivity index (χ1v) is 12.5. The molecule has 2 aromatic heterocycles. The summed E-state index contributed by atoms with van der Waals surface area (Å²) < 4.78 is 27.8. The number of nitrogens with zero attached hydrogens (tertiary/aromatic N) is 3. The van der Waals surface area contributed by atoms with Crippen LogP contribution in [0, 0.1) is 6.92 Å². The van der Waals surface area contributed by atoms with E-state index in [1.165, 1.54) is 33.5 Å². The normalized spacial score (nSPS) is 11.6. The summed E-state index contributed by atoms with van der Waals surface area (Å²) in [5.41, 5.74) is 1.88. The fraction of sp³-hybridized carbons (Fsp3) is 0.318. The molecule has 0 aliphatic carbocycles. The van der Waals surface area contributed by atoms with E-state index in [9.17, 15) is 18.0 Å². The fourth-order valence-electron chi connectivity index (χ4n) is 3.17. The molecule has 8 nitrogen and oxygen atoms in total. The first kappa shape index (κ1) is 23.8. The van der Waals surface area contributed by atoms with Gasteiger partial charge in [0.2, 0.25) is 15.9 Å². The molecule has 0 bridgehead atoms. The zero-order chi connectivity index (χ0) is 23.3. The van der Waals surface area contributed by atoms with Gasteiger partial charge in [0.25, 0.3) is 5.56 Å². The highest BCUT2D eigenvalue weighted by Gasteiger charge is 2.22. The number of anilines is 1. The number of rotatable bonds is 9. The minimum atomic E-state index is -3.73. The lowest BCUT2D eigenvalue weighted by Gasteiger charge is -2.18. The van der Waals surface area contributed by atoms with Crippen molar-refractivity contribution in [3.05, 3.63) is 75.1 Å². The number of thiazole rings is 1. The van der Waals surface area contributed by atoms with Crippen LogP contribution in [-0.2, 0) is 27.8 Å². The summed E-state index contributed by atoms with van der Waals surface area (Å²) in [6.45, 7) is 5.83. The third-order valence-electron chi connectivity index (χ3n) is 4.91. The van der Waals surface area contributed by atoms with Crippen molar-refractivity contribution in [2.45, 2.75) is 38.6 Å². The molecule has 1 N–H and O–H groups in total. The predicted octanol–water partition coefficient (Wildman–Crippen LogP) is 2.87. The summed E-state index contributed by atoms with van der Waals surface area (Å²) in [5.74, 6) is -0.458. The van der Waals surface area contributed by atoms with Gasteiger partial charge in [0.1, 0.15) is 6.54 Å². The van der Waals surface area contributed by atoms with Gasteiger partial charge in [0, 0.05) is 42.8 Å². The fourth-order valence-corrected chi connectivity index (χ4v) is 5.51. The molecule has 0 saturated heterocycles. The van der Waals surface area contributed by atoms with Gasteiger partial charge in [-0.2, -0.15) is 4.31 Å². The van der Waals surface area contributed by atoms with Gasteiger partial charge in [-0.05, 0) is 18.6 Å². The molecule has 3 aromatic rings. The van der Waals surface area contributed by atoms with E-state index in [0.29, 0.717) is 24.6 Å². The van der Waals surface area contributed by atoms with E-state index in [1.54, 1.807) is 20.0 Å². The first-order chi connectivity index (χ1) is 15.2. The molecule has 1 amide bonds. The summed E-state index contributed by atoms with van der Waals surface area (Å²) in [6, 6.07) is 10.6. The van der Waals surface area contributed by atoms with Crippen LogP contribution in [0.15, 0.2) is 58.5 Å². The molecular formula is C22H26N4O4S2. The third-order valence-corrected chi connectivity index (χ3v) is 7.86. The topological polar surface area (TPSA) is 101 Å². The SMILES string of the molecule is CCN(CC)S(=O)(=O)c1ccc(=O)n(CC(=O)Nc2ncc(Cc3ccc(C)cc3)s2)c1. The van der Waals surface area contributed by atoms with Crippen molar-refractivity contribution in [3.63, 3.8) is 0 Å². The van der Waals surface area contributed by atoms with E-state index in [2.05, 4.69) is 22.4 Å². The number of aryl methyl sites for hydroxylation is 1. The van der Waals surface area contributed by atoms with E-state index < -0.39 is 21.5 Å². The highest BCUT2D eigenvalue weighted by atomic mass is 32.2. The van der Waals surface area contributed by atoms with E-state index >= 15 is 0 Å². The van der Waals surface area contributed by atoms with Crippen LogP contribution in [0.2, 0.25) is 0 Å². The number of benzene rings is 1. The van der Waals surface area contributed by atoms with E-state index in [1.807, 2.05) is 19.1 Å². The zero-order valence-corrected chi connectivity index (χ0v) is 19.9. The quantitative estimate of drug-likeness (QED) is 0.514. The number of nitrogens with one attached hydrogen (secondary N) is 1. The van der Waals surface area contributed by atoms with Crippen molar-refractivity contribution < 1.29 is 13.2 Å². The molecule has 0 atom stereocenters. The van der Waals surface area contributed by atoms with Crippen molar-refractivity contribution in [2.75, 3.05) is 18.4 Å². The average molecular weight is 475 g/mol. The molecule has 32 heavy (non-hydrogen) atoms. The van der Waals surface area contributed by atoms with Gasteiger partial charge in [-0.3, -0.25) is 9.59 Å². The molecule has 2 heterocycles.